The molecule has 0 spiro atoms. The van der Waals surface area contributed by atoms with Crippen LogP contribution < -0.4 is 15.2 Å². The van der Waals surface area contributed by atoms with Gasteiger partial charge >= 0.3 is 0 Å². The summed E-state index contributed by atoms with van der Waals surface area (Å²) in [6.45, 7) is 0.510. The van der Waals surface area contributed by atoms with Crippen LogP contribution in [0, 0.1) is 0 Å². The van der Waals surface area contributed by atoms with Gasteiger partial charge in [-0.1, -0.05) is 27.5 Å². The molecule has 138 valence electrons. The first kappa shape index (κ1) is 20.1. The lowest BCUT2D eigenvalue weighted by Gasteiger charge is -2.18. The molecule has 0 fully saturated rings. The summed E-state index contributed by atoms with van der Waals surface area (Å²) < 4.78 is 12.0. The number of amides is 2. The summed E-state index contributed by atoms with van der Waals surface area (Å²) in [7, 11) is 1.65. The smallest absolute Gasteiger partial charge is 0.260 e. The highest BCUT2D eigenvalue weighted by atomic mass is 79.9. The van der Waals surface area contributed by atoms with Crippen LogP contribution in [0.3, 0.4) is 0 Å². The fraction of sp³-hybridized carbons (Fsp3) is 0.222. The van der Waals surface area contributed by atoms with Crippen LogP contribution in [0.15, 0.2) is 46.9 Å². The summed E-state index contributed by atoms with van der Waals surface area (Å²) in [5.41, 5.74) is 5.42. The van der Waals surface area contributed by atoms with E-state index in [-0.39, 0.29) is 23.8 Å². The van der Waals surface area contributed by atoms with Gasteiger partial charge in [0.05, 0.1) is 12.1 Å². The first-order valence-electron chi connectivity index (χ1n) is 7.71. The van der Waals surface area contributed by atoms with Gasteiger partial charge in [0.25, 0.3) is 11.8 Å². The molecule has 2 aromatic carbocycles. The number of rotatable bonds is 8. The fourth-order valence-electron chi connectivity index (χ4n) is 2.03. The summed E-state index contributed by atoms with van der Waals surface area (Å²) in [6, 6.07) is 11.9. The Morgan fingerprint density at radius 2 is 1.85 bits per heavy atom. The maximum absolute atomic E-state index is 12.1. The van der Waals surface area contributed by atoms with Crippen molar-refractivity contribution in [2.45, 2.75) is 0 Å². The molecule has 0 saturated carbocycles. The number of likely N-dealkylation sites (N-methyl/N-ethyl adjacent to an activating group) is 1. The second-order valence-electron chi connectivity index (χ2n) is 5.41. The van der Waals surface area contributed by atoms with Gasteiger partial charge in [0.1, 0.15) is 18.1 Å². The van der Waals surface area contributed by atoms with Crippen LogP contribution in [0.25, 0.3) is 0 Å². The summed E-state index contributed by atoms with van der Waals surface area (Å²) in [6.07, 6.45) is 0. The lowest BCUT2D eigenvalue weighted by atomic mass is 10.2. The van der Waals surface area contributed by atoms with E-state index in [2.05, 4.69) is 15.9 Å². The SMILES string of the molecule is CN(CCOc1ccc(Br)cc1)C(=O)COc1ccc(Cl)cc1C(N)=O. The molecular weight excluding hydrogens is 424 g/mol. The summed E-state index contributed by atoms with van der Waals surface area (Å²) in [4.78, 5) is 25.1. The number of primary amides is 1. The summed E-state index contributed by atoms with van der Waals surface area (Å²) in [5, 5.41) is 0.361. The highest BCUT2D eigenvalue weighted by molar-refractivity contribution is 9.10. The van der Waals surface area contributed by atoms with Gasteiger partial charge in [0.2, 0.25) is 0 Å². The number of hydrogen-bond acceptors (Lipinski definition) is 4. The van der Waals surface area contributed by atoms with E-state index in [1.165, 1.54) is 17.0 Å². The van der Waals surface area contributed by atoms with Crippen LogP contribution in [0.5, 0.6) is 11.5 Å². The molecule has 2 aromatic rings. The summed E-state index contributed by atoms with van der Waals surface area (Å²) in [5.74, 6) is 0.00769. The molecule has 0 aromatic heterocycles. The number of halogens is 2. The molecule has 0 bridgehead atoms. The quantitative estimate of drug-likeness (QED) is 0.682. The van der Waals surface area contributed by atoms with E-state index in [0.29, 0.717) is 18.2 Å². The maximum atomic E-state index is 12.1. The third-order valence-electron chi connectivity index (χ3n) is 3.49. The molecule has 0 aliphatic heterocycles. The molecule has 0 atom stereocenters. The highest BCUT2D eigenvalue weighted by Gasteiger charge is 2.14. The summed E-state index contributed by atoms with van der Waals surface area (Å²) >= 11 is 9.19. The Morgan fingerprint density at radius 3 is 2.50 bits per heavy atom. The zero-order valence-corrected chi connectivity index (χ0v) is 16.4. The molecular formula is C18H18BrClN2O4. The zero-order valence-electron chi connectivity index (χ0n) is 14.1. The number of nitrogens with zero attached hydrogens (tertiary/aromatic N) is 1. The predicted octanol–water partition coefficient (Wildman–Crippen LogP) is 3.12. The Labute approximate surface area is 164 Å². The van der Waals surface area contributed by atoms with E-state index in [9.17, 15) is 9.59 Å². The molecule has 2 N–H and O–H groups in total. The zero-order chi connectivity index (χ0) is 19.1. The monoisotopic (exact) mass is 440 g/mol. The van der Waals surface area contributed by atoms with Crippen molar-refractivity contribution in [1.82, 2.24) is 4.90 Å². The minimum atomic E-state index is -0.675. The van der Waals surface area contributed by atoms with Crippen molar-refractivity contribution in [2.75, 3.05) is 26.8 Å². The Morgan fingerprint density at radius 1 is 1.15 bits per heavy atom. The molecule has 8 heteroatoms. The second-order valence-corrected chi connectivity index (χ2v) is 6.76. The number of nitrogens with two attached hydrogens (primary N) is 1. The lowest BCUT2D eigenvalue weighted by Crippen LogP contribution is -2.34. The van der Waals surface area contributed by atoms with Crippen molar-refractivity contribution in [3.8, 4) is 11.5 Å². The van der Waals surface area contributed by atoms with Gasteiger partial charge in [0, 0.05) is 16.5 Å². The molecule has 2 rings (SSSR count). The van der Waals surface area contributed by atoms with Gasteiger partial charge in [-0.15, -0.1) is 0 Å². The molecule has 0 aliphatic rings. The molecule has 0 radical (unpaired) electrons. The minimum absolute atomic E-state index is 0.131. The van der Waals surface area contributed by atoms with E-state index in [4.69, 9.17) is 26.8 Å². The topological polar surface area (TPSA) is 81.9 Å². The Kier molecular flexibility index (Phi) is 7.29. The number of hydrogen-bond donors (Lipinski definition) is 1. The molecule has 0 saturated heterocycles. The maximum Gasteiger partial charge on any atom is 0.260 e. The normalized spacial score (nSPS) is 10.3. The van der Waals surface area contributed by atoms with Crippen LogP contribution in [-0.2, 0) is 4.79 Å². The highest BCUT2D eigenvalue weighted by Crippen LogP contribution is 2.22. The number of carbonyl (C=O) groups excluding carboxylic acids is 2. The second kappa shape index (κ2) is 9.45. The Bertz CT molecular complexity index is 783. The van der Waals surface area contributed by atoms with E-state index >= 15 is 0 Å². The average molecular weight is 442 g/mol. The van der Waals surface area contributed by atoms with Crippen LogP contribution in [0.4, 0.5) is 0 Å². The molecule has 26 heavy (non-hydrogen) atoms. The van der Waals surface area contributed by atoms with Gasteiger partial charge in [-0.05, 0) is 42.5 Å². The van der Waals surface area contributed by atoms with E-state index < -0.39 is 5.91 Å². The van der Waals surface area contributed by atoms with Crippen LogP contribution in [0.1, 0.15) is 10.4 Å². The van der Waals surface area contributed by atoms with Crippen molar-refractivity contribution >= 4 is 39.3 Å². The van der Waals surface area contributed by atoms with E-state index in [1.807, 2.05) is 24.3 Å². The van der Waals surface area contributed by atoms with Crippen molar-refractivity contribution in [3.63, 3.8) is 0 Å². The van der Waals surface area contributed by atoms with Gasteiger partial charge in [0.15, 0.2) is 6.61 Å². The van der Waals surface area contributed by atoms with Crippen molar-refractivity contribution < 1.29 is 19.1 Å². The number of carbonyl (C=O) groups is 2. The standard InChI is InChI=1S/C18H18BrClN2O4/c1-22(8-9-25-14-5-2-12(19)3-6-14)17(23)11-26-16-7-4-13(20)10-15(16)18(21)24/h2-7,10H,8-9,11H2,1H3,(H2,21,24). The third kappa shape index (κ3) is 5.93. The van der Waals surface area contributed by atoms with Gasteiger partial charge in [-0.25, -0.2) is 0 Å². The van der Waals surface area contributed by atoms with Crippen LogP contribution in [-0.4, -0.2) is 43.5 Å². The Hall–Kier alpha value is -2.25. The average Bonchev–Trinajstić information content (AvgIpc) is 2.61. The van der Waals surface area contributed by atoms with Crippen LogP contribution in [0.2, 0.25) is 5.02 Å². The van der Waals surface area contributed by atoms with Gasteiger partial charge in [-0.2, -0.15) is 0 Å². The third-order valence-corrected chi connectivity index (χ3v) is 4.26. The van der Waals surface area contributed by atoms with Gasteiger partial charge < -0.3 is 20.1 Å². The largest absolute Gasteiger partial charge is 0.492 e. The molecule has 0 heterocycles. The fourth-order valence-corrected chi connectivity index (χ4v) is 2.46. The van der Waals surface area contributed by atoms with E-state index in [0.717, 1.165) is 10.2 Å². The Balaban J connectivity index is 1.82. The van der Waals surface area contributed by atoms with E-state index in [1.54, 1.807) is 13.1 Å². The van der Waals surface area contributed by atoms with Crippen molar-refractivity contribution in [3.05, 3.63) is 57.5 Å². The van der Waals surface area contributed by atoms with Crippen molar-refractivity contribution in [1.29, 1.82) is 0 Å². The van der Waals surface area contributed by atoms with Crippen LogP contribution >= 0.6 is 27.5 Å². The number of benzene rings is 2. The minimum Gasteiger partial charge on any atom is -0.492 e. The number of ether oxygens (including phenoxy) is 2. The molecule has 6 nitrogen and oxygen atoms in total. The molecule has 2 amide bonds. The van der Waals surface area contributed by atoms with Gasteiger partial charge in [-0.3, -0.25) is 9.59 Å². The predicted molar refractivity (Wildman–Crippen MR) is 103 cm³/mol. The first-order valence-corrected chi connectivity index (χ1v) is 8.88. The van der Waals surface area contributed by atoms with Crippen molar-refractivity contribution in [2.24, 2.45) is 5.73 Å². The molecule has 0 unspecified atom stereocenters. The molecule has 0 aliphatic carbocycles. The lowest BCUT2D eigenvalue weighted by molar-refractivity contribution is -0.132. The first-order chi connectivity index (χ1) is 12.4.